The highest BCUT2D eigenvalue weighted by molar-refractivity contribution is 6.42. The van der Waals surface area contributed by atoms with E-state index in [1.165, 1.54) is 0 Å². The summed E-state index contributed by atoms with van der Waals surface area (Å²) < 4.78 is 0. The molecular formula is C21H31Cl2N3O3. The van der Waals surface area contributed by atoms with E-state index < -0.39 is 12.0 Å². The van der Waals surface area contributed by atoms with Crippen LogP contribution in [0.4, 0.5) is 0 Å². The van der Waals surface area contributed by atoms with Gasteiger partial charge in [0.1, 0.15) is 6.10 Å². The molecule has 8 heteroatoms. The van der Waals surface area contributed by atoms with E-state index in [0.717, 1.165) is 44.5 Å². The molecule has 162 valence electrons. The molecule has 1 fully saturated rings. The fourth-order valence-corrected chi connectivity index (χ4v) is 3.89. The standard InChI is InChI=1S/C21H31Cl2N3O3/c1-3-25(4-2)11-6-12-26-14-16(19(27)21(26)29)20(28)24-10-5-7-15-8-9-17(22)18(23)13-15/h8-9,13,16,19,27H,3-7,10-12,14H2,1-2H3,(H,24,28). The van der Waals surface area contributed by atoms with Crippen molar-refractivity contribution >= 4 is 35.0 Å². The molecule has 1 aliphatic rings. The van der Waals surface area contributed by atoms with Gasteiger partial charge in [0.15, 0.2) is 0 Å². The summed E-state index contributed by atoms with van der Waals surface area (Å²) in [7, 11) is 0. The molecular weight excluding hydrogens is 413 g/mol. The van der Waals surface area contributed by atoms with E-state index in [-0.39, 0.29) is 18.4 Å². The number of nitrogens with zero attached hydrogens (tertiary/aromatic N) is 2. The number of carbonyl (C=O) groups excluding carboxylic acids is 2. The third-order valence-corrected chi connectivity index (χ3v) is 6.16. The second kappa shape index (κ2) is 11.7. The summed E-state index contributed by atoms with van der Waals surface area (Å²) in [6.45, 7) is 8.37. The van der Waals surface area contributed by atoms with Crippen LogP contribution in [-0.2, 0) is 16.0 Å². The van der Waals surface area contributed by atoms with E-state index in [2.05, 4.69) is 24.1 Å². The highest BCUT2D eigenvalue weighted by Gasteiger charge is 2.42. The molecule has 1 aromatic carbocycles. The molecule has 0 aliphatic carbocycles. The summed E-state index contributed by atoms with van der Waals surface area (Å²) >= 11 is 11.9. The molecule has 2 rings (SSSR count). The van der Waals surface area contributed by atoms with E-state index in [1.54, 1.807) is 11.0 Å². The van der Waals surface area contributed by atoms with Crippen molar-refractivity contribution in [3.8, 4) is 0 Å². The summed E-state index contributed by atoms with van der Waals surface area (Å²) in [5.74, 6) is -1.33. The Bertz CT molecular complexity index is 698. The van der Waals surface area contributed by atoms with Gasteiger partial charge in [0.2, 0.25) is 5.91 Å². The quantitative estimate of drug-likeness (QED) is 0.515. The van der Waals surface area contributed by atoms with E-state index in [1.807, 2.05) is 12.1 Å². The lowest BCUT2D eigenvalue weighted by Crippen LogP contribution is -2.38. The van der Waals surface area contributed by atoms with Gasteiger partial charge in [-0.1, -0.05) is 43.1 Å². The number of benzene rings is 1. The molecule has 2 N–H and O–H groups in total. The molecule has 0 saturated carbocycles. The van der Waals surface area contributed by atoms with Crippen LogP contribution in [0.15, 0.2) is 18.2 Å². The normalized spacial score (nSPS) is 19.2. The lowest BCUT2D eigenvalue weighted by Gasteiger charge is -2.21. The van der Waals surface area contributed by atoms with Gasteiger partial charge in [-0.2, -0.15) is 0 Å². The van der Waals surface area contributed by atoms with Crippen molar-refractivity contribution < 1.29 is 14.7 Å². The lowest BCUT2D eigenvalue weighted by molar-refractivity contribution is -0.137. The topological polar surface area (TPSA) is 72.9 Å². The van der Waals surface area contributed by atoms with Crippen molar-refractivity contribution in [3.05, 3.63) is 33.8 Å². The van der Waals surface area contributed by atoms with Gasteiger partial charge in [0.05, 0.1) is 16.0 Å². The Kier molecular flexibility index (Phi) is 9.69. The molecule has 2 unspecified atom stereocenters. The van der Waals surface area contributed by atoms with Crippen LogP contribution in [0, 0.1) is 5.92 Å². The van der Waals surface area contributed by atoms with Gasteiger partial charge >= 0.3 is 0 Å². The van der Waals surface area contributed by atoms with Gasteiger partial charge in [-0.25, -0.2) is 0 Å². The Hall–Kier alpha value is -1.34. The molecule has 2 amide bonds. The van der Waals surface area contributed by atoms with Crippen molar-refractivity contribution in [1.29, 1.82) is 0 Å². The first-order valence-corrected chi connectivity index (χ1v) is 11.0. The van der Waals surface area contributed by atoms with Crippen molar-refractivity contribution in [2.45, 2.75) is 39.2 Å². The van der Waals surface area contributed by atoms with Gasteiger partial charge in [-0.15, -0.1) is 0 Å². The molecule has 1 aliphatic heterocycles. The largest absolute Gasteiger partial charge is 0.382 e. The summed E-state index contributed by atoms with van der Waals surface area (Å²) in [6.07, 6.45) is 1.06. The number of hydrogen-bond acceptors (Lipinski definition) is 4. The third-order valence-electron chi connectivity index (χ3n) is 5.42. The molecule has 0 bridgehead atoms. The second-order valence-electron chi connectivity index (χ2n) is 7.36. The predicted octanol–water partition coefficient (Wildman–Crippen LogP) is 2.59. The zero-order valence-electron chi connectivity index (χ0n) is 17.2. The summed E-state index contributed by atoms with van der Waals surface area (Å²) in [5.41, 5.74) is 1.05. The highest BCUT2D eigenvalue weighted by atomic mass is 35.5. The highest BCUT2D eigenvalue weighted by Crippen LogP contribution is 2.23. The Morgan fingerprint density at radius 2 is 1.97 bits per heavy atom. The smallest absolute Gasteiger partial charge is 0.252 e. The van der Waals surface area contributed by atoms with Crippen molar-refractivity contribution in [2.24, 2.45) is 5.92 Å². The Morgan fingerprint density at radius 3 is 2.62 bits per heavy atom. The number of aryl methyl sites for hydroxylation is 1. The molecule has 6 nitrogen and oxygen atoms in total. The molecule has 1 aromatic rings. The van der Waals surface area contributed by atoms with Crippen LogP contribution in [0.1, 0.15) is 32.3 Å². The fourth-order valence-electron chi connectivity index (χ4n) is 3.57. The average molecular weight is 444 g/mol. The number of halogens is 2. The minimum atomic E-state index is -1.25. The van der Waals surface area contributed by atoms with Crippen LogP contribution in [-0.4, -0.2) is 72.1 Å². The number of carbonyl (C=O) groups is 2. The van der Waals surface area contributed by atoms with Crippen LogP contribution >= 0.6 is 23.2 Å². The minimum Gasteiger partial charge on any atom is -0.382 e. The summed E-state index contributed by atoms with van der Waals surface area (Å²) in [6, 6.07) is 5.49. The van der Waals surface area contributed by atoms with E-state index >= 15 is 0 Å². The van der Waals surface area contributed by atoms with Crippen molar-refractivity contribution in [1.82, 2.24) is 15.1 Å². The van der Waals surface area contributed by atoms with Gasteiger partial charge < -0.3 is 20.2 Å². The first-order chi connectivity index (χ1) is 13.9. The predicted molar refractivity (Wildman–Crippen MR) is 116 cm³/mol. The first kappa shape index (κ1) is 23.9. The molecule has 0 spiro atoms. The average Bonchev–Trinajstić information content (AvgIpc) is 2.99. The maximum atomic E-state index is 12.4. The number of aliphatic hydroxyl groups excluding tert-OH is 1. The van der Waals surface area contributed by atoms with Gasteiger partial charge in [-0.05, 0) is 56.6 Å². The fraction of sp³-hybridized carbons (Fsp3) is 0.619. The van der Waals surface area contributed by atoms with Gasteiger partial charge in [0.25, 0.3) is 5.91 Å². The van der Waals surface area contributed by atoms with Crippen LogP contribution in [0.3, 0.4) is 0 Å². The molecule has 1 saturated heterocycles. The number of likely N-dealkylation sites (tertiary alicyclic amines) is 1. The Morgan fingerprint density at radius 1 is 1.24 bits per heavy atom. The maximum absolute atomic E-state index is 12.4. The number of nitrogens with one attached hydrogen (secondary N) is 1. The summed E-state index contributed by atoms with van der Waals surface area (Å²) in [5, 5.41) is 14.1. The Labute approximate surface area is 183 Å². The number of amides is 2. The third kappa shape index (κ3) is 6.85. The maximum Gasteiger partial charge on any atom is 0.252 e. The van der Waals surface area contributed by atoms with Crippen molar-refractivity contribution in [3.63, 3.8) is 0 Å². The van der Waals surface area contributed by atoms with Crippen LogP contribution < -0.4 is 5.32 Å². The molecule has 0 aromatic heterocycles. The SMILES string of the molecule is CCN(CC)CCCN1CC(C(=O)NCCCc2ccc(Cl)c(Cl)c2)C(O)C1=O. The molecule has 29 heavy (non-hydrogen) atoms. The number of hydrogen-bond donors (Lipinski definition) is 2. The molecule has 2 atom stereocenters. The van der Waals surface area contributed by atoms with E-state index in [9.17, 15) is 14.7 Å². The second-order valence-corrected chi connectivity index (χ2v) is 8.17. The molecule has 1 heterocycles. The zero-order chi connectivity index (χ0) is 21.4. The lowest BCUT2D eigenvalue weighted by atomic mass is 10.1. The summed E-state index contributed by atoms with van der Waals surface area (Å²) in [4.78, 5) is 28.6. The zero-order valence-corrected chi connectivity index (χ0v) is 18.7. The number of rotatable bonds is 11. The van der Waals surface area contributed by atoms with Gasteiger partial charge in [-0.3, -0.25) is 9.59 Å². The Balaban J connectivity index is 1.74. The number of aliphatic hydroxyl groups is 1. The van der Waals surface area contributed by atoms with E-state index in [0.29, 0.717) is 23.1 Å². The molecule has 0 radical (unpaired) electrons. The first-order valence-electron chi connectivity index (χ1n) is 10.3. The minimum absolute atomic E-state index is 0.272. The van der Waals surface area contributed by atoms with Crippen LogP contribution in [0.2, 0.25) is 10.0 Å². The monoisotopic (exact) mass is 443 g/mol. The van der Waals surface area contributed by atoms with Crippen molar-refractivity contribution in [2.75, 3.05) is 39.3 Å². The van der Waals surface area contributed by atoms with Crippen LogP contribution in [0.5, 0.6) is 0 Å². The van der Waals surface area contributed by atoms with E-state index in [4.69, 9.17) is 23.2 Å². The van der Waals surface area contributed by atoms with Gasteiger partial charge in [0, 0.05) is 19.6 Å². The van der Waals surface area contributed by atoms with Crippen LogP contribution in [0.25, 0.3) is 0 Å².